The smallest absolute Gasteiger partial charge is 0.409 e. The quantitative estimate of drug-likeness (QED) is 0.838. The number of piperazine rings is 1. The average Bonchev–Trinajstić information content (AvgIpc) is 2.65. The number of hydrogen-bond acceptors (Lipinski definition) is 4. The molecule has 0 aliphatic carbocycles. The van der Waals surface area contributed by atoms with Crippen molar-refractivity contribution in [2.45, 2.75) is 13.5 Å². The van der Waals surface area contributed by atoms with E-state index in [0.29, 0.717) is 31.8 Å². The summed E-state index contributed by atoms with van der Waals surface area (Å²) in [7, 11) is 0. The van der Waals surface area contributed by atoms with E-state index in [1.165, 1.54) is 18.3 Å². The first kappa shape index (κ1) is 18.3. The van der Waals surface area contributed by atoms with Crippen LogP contribution in [0.2, 0.25) is 0 Å². The monoisotopic (exact) mass is 361 g/mol. The van der Waals surface area contributed by atoms with Gasteiger partial charge in [0.2, 0.25) is 0 Å². The Hall–Kier alpha value is -2.54. The Morgan fingerprint density at radius 3 is 2.69 bits per heavy atom. The summed E-state index contributed by atoms with van der Waals surface area (Å²) in [5, 5.41) is 0. The van der Waals surface area contributed by atoms with E-state index < -0.39 is 11.6 Å². The van der Waals surface area contributed by atoms with Gasteiger partial charge >= 0.3 is 6.09 Å². The lowest BCUT2D eigenvalue weighted by Crippen LogP contribution is -2.48. The fraction of sp³-hybridized carbons (Fsp3) is 0.368. The summed E-state index contributed by atoms with van der Waals surface area (Å²) in [6.45, 7) is 5.43. The molecule has 0 spiro atoms. The third-order valence-corrected chi connectivity index (χ3v) is 4.36. The standard InChI is InChI=1S/C19H21F2N3O2/c1-2-26-19(25)24-8-6-23(7-9-24)13-14-10-15(12-22-11-14)16-4-3-5-17(20)18(16)21/h3-5,10-12H,2,6-9,13H2,1H3. The molecule has 1 aliphatic rings. The van der Waals surface area contributed by atoms with Gasteiger partial charge in [0.05, 0.1) is 6.61 Å². The summed E-state index contributed by atoms with van der Waals surface area (Å²) in [4.78, 5) is 19.8. The lowest BCUT2D eigenvalue weighted by Gasteiger charge is -2.34. The van der Waals surface area contributed by atoms with Crippen LogP contribution in [0.3, 0.4) is 0 Å². The molecule has 1 aromatic heterocycles. The summed E-state index contributed by atoms with van der Waals surface area (Å²) in [5.74, 6) is -1.74. The highest BCUT2D eigenvalue weighted by Crippen LogP contribution is 2.25. The number of pyridine rings is 1. The van der Waals surface area contributed by atoms with E-state index in [-0.39, 0.29) is 11.7 Å². The first-order valence-corrected chi connectivity index (χ1v) is 8.61. The van der Waals surface area contributed by atoms with Crippen molar-refractivity contribution in [3.05, 3.63) is 53.9 Å². The predicted octanol–water partition coefficient (Wildman–Crippen LogP) is 3.30. The largest absolute Gasteiger partial charge is 0.450 e. The van der Waals surface area contributed by atoms with Gasteiger partial charge in [0.25, 0.3) is 0 Å². The molecule has 3 rings (SSSR count). The van der Waals surface area contributed by atoms with E-state index >= 15 is 0 Å². The van der Waals surface area contributed by atoms with E-state index in [0.717, 1.165) is 24.7 Å². The van der Waals surface area contributed by atoms with Gasteiger partial charge in [0.15, 0.2) is 11.6 Å². The molecule has 7 heteroatoms. The van der Waals surface area contributed by atoms with E-state index in [1.54, 1.807) is 18.0 Å². The number of amides is 1. The minimum Gasteiger partial charge on any atom is -0.450 e. The minimum absolute atomic E-state index is 0.200. The van der Waals surface area contributed by atoms with Gasteiger partial charge in [-0.1, -0.05) is 12.1 Å². The van der Waals surface area contributed by atoms with Gasteiger partial charge in [-0.15, -0.1) is 0 Å². The number of carbonyl (C=O) groups is 1. The summed E-state index contributed by atoms with van der Waals surface area (Å²) in [5.41, 5.74) is 1.66. The molecule has 0 atom stereocenters. The van der Waals surface area contributed by atoms with Crippen molar-refractivity contribution in [3.63, 3.8) is 0 Å². The van der Waals surface area contributed by atoms with Crippen LogP contribution >= 0.6 is 0 Å². The van der Waals surface area contributed by atoms with Crippen molar-refractivity contribution < 1.29 is 18.3 Å². The van der Waals surface area contributed by atoms with Gasteiger partial charge in [-0.25, -0.2) is 13.6 Å². The molecule has 0 unspecified atom stereocenters. The molecule has 2 heterocycles. The Morgan fingerprint density at radius 2 is 1.96 bits per heavy atom. The van der Waals surface area contributed by atoms with Crippen molar-refractivity contribution in [2.75, 3.05) is 32.8 Å². The number of nitrogens with zero attached hydrogens (tertiary/aromatic N) is 3. The molecule has 1 aromatic carbocycles. The van der Waals surface area contributed by atoms with Crippen molar-refractivity contribution in [1.29, 1.82) is 0 Å². The fourth-order valence-corrected chi connectivity index (χ4v) is 3.01. The number of rotatable bonds is 4. The maximum absolute atomic E-state index is 14.0. The van der Waals surface area contributed by atoms with Gasteiger partial charge in [-0.05, 0) is 24.6 Å². The molecule has 5 nitrogen and oxygen atoms in total. The average molecular weight is 361 g/mol. The SMILES string of the molecule is CCOC(=O)N1CCN(Cc2cncc(-c3cccc(F)c3F)c2)CC1. The lowest BCUT2D eigenvalue weighted by atomic mass is 10.0. The summed E-state index contributed by atoms with van der Waals surface area (Å²) < 4.78 is 32.5. The summed E-state index contributed by atoms with van der Waals surface area (Å²) >= 11 is 0. The maximum atomic E-state index is 14.0. The van der Waals surface area contributed by atoms with Crippen LogP contribution in [-0.2, 0) is 11.3 Å². The van der Waals surface area contributed by atoms with Gasteiger partial charge in [-0.2, -0.15) is 0 Å². The molecule has 0 saturated carbocycles. The van der Waals surface area contributed by atoms with Crippen LogP contribution in [0.1, 0.15) is 12.5 Å². The zero-order chi connectivity index (χ0) is 18.5. The Morgan fingerprint density at radius 1 is 1.19 bits per heavy atom. The number of aromatic nitrogens is 1. The zero-order valence-corrected chi connectivity index (χ0v) is 14.6. The van der Waals surface area contributed by atoms with Crippen molar-refractivity contribution >= 4 is 6.09 Å². The number of benzene rings is 1. The van der Waals surface area contributed by atoms with E-state index in [4.69, 9.17) is 4.74 Å². The number of carbonyl (C=O) groups excluding carboxylic acids is 1. The fourth-order valence-electron chi connectivity index (χ4n) is 3.01. The van der Waals surface area contributed by atoms with Gasteiger partial charge in [0, 0.05) is 56.2 Å². The second-order valence-corrected chi connectivity index (χ2v) is 6.15. The Bertz CT molecular complexity index is 777. The second kappa shape index (κ2) is 8.23. The van der Waals surface area contributed by atoms with E-state index in [1.807, 2.05) is 6.07 Å². The molecule has 1 aliphatic heterocycles. The molecule has 26 heavy (non-hydrogen) atoms. The molecule has 0 radical (unpaired) electrons. The first-order valence-electron chi connectivity index (χ1n) is 8.61. The summed E-state index contributed by atoms with van der Waals surface area (Å²) in [6, 6.07) is 5.94. The molecule has 1 amide bonds. The zero-order valence-electron chi connectivity index (χ0n) is 14.6. The predicted molar refractivity (Wildman–Crippen MR) is 93.5 cm³/mol. The van der Waals surface area contributed by atoms with Gasteiger partial charge in [0.1, 0.15) is 0 Å². The third kappa shape index (κ3) is 4.16. The molecular formula is C19H21F2N3O2. The molecule has 1 fully saturated rings. The van der Waals surface area contributed by atoms with Crippen molar-refractivity contribution in [2.24, 2.45) is 0 Å². The normalized spacial score (nSPS) is 15.1. The topological polar surface area (TPSA) is 45.7 Å². The molecular weight excluding hydrogens is 340 g/mol. The molecule has 2 aromatic rings. The van der Waals surface area contributed by atoms with Crippen LogP contribution in [-0.4, -0.2) is 53.7 Å². The first-order chi connectivity index (χ1) is 12.6. The Kier molecular flexibility index (Phi) is 5.78. The second-order valence-electron chi connectivity index (χ2n) is 6.15. The van der Waals surface area contributed by atoms with Crippen LogP contribution in [0.25, 0.3) is 11.1 Å². The van der Waals surface area contributed by atoms with E-state index in [9.17, 15) is 13.6 Å². The van der Waals surface area contributed by atoms with Crippen LogP contribution in [0.4, 0.5) is 13.6 Å². The summed E-state index contributed by atoms with van der Waals surface area (Å²) in [6.07, 6.45) is 2.97. The molecule has 138 valence electrons. The third-order valence-electron chi connectivity index (χ3n) is 4.36. The lowest BCUT2D eigenvalue weighted by molar-refractivity contribution is 0.0778. The minimum atomic E-state index is -0.872. The highest BCUT2D eigenvalue weighted by Gasteiger charge is 2.22. The number of halogens is 2. The van der Waals surface area contributed by atoms with Crippen LogP contribution in [0, 0.1) is 11.6 Å². The Labute approximate surface area is 151 Å². The van der Waals surface area contributed by atoms with Gasteiger partial charge in [-0.3, -0.25) is 9.88 Å². The highest BCUT2D eigenvalue weighted by atomic mass is 19.2. The van der Waals surface area contributed by atoms with Crippen molar-refractivity contribution in [1.82, 2.24) is 14.8 Å². The van der Waals surface area contributed by atoms with E-state index in [2.05, 4.69) is 9.88 Å². The maximum Gasteiger partial charge on any atom is 0.409 e. The Balaban J connectivity index is 1.65. The van der Waals surface area contributed by atoms with Crippen LogP contribution < -0.4 is 0 Å². The number of ether oxygens (including phenoxy) is 1. The molecule has 0 N–H and O–H groups in total. The van der Waals surface area contributed by atoms with Crippen LogP contribution in [0.15, 0.2) is 36.7 Å². The van der Waals surface area contributed by atoms with Crippen molar-refractivity contribution in [3.8, 4) is 11.1 Å². The number of hydrogen-bond donors (Lipinski definition) is 0. The van der Waals surface area contributed by atoms with Crippen LogP contribution in [0.5, 0.6) is 0 Å². The molecule has 1 saturated heterocycles. The highest BCUT2D eigenvalue weighted by molar-refractivity contribution is 5.67. The van der Waals surface area contributed by atoms with Gasteiger partial charge < -0.3 is 9.64 Å². The molecule has 0 bridgehead atoms.